The smallest absolute Gasteiger partial charge is 0.314 e. The van der Waals surface area contributed by atoms with Gasteiger partial charge in [-0.05, 0) is 30.5 Å². The van der Waals surface area contributed by atoms with Crippen molar-refractivity contribution in [3.05, 3.63) is 29.8 Å². The van der Waals surface area contributed by atoms with Crippen LogP contribution in [0.15, 0.2) is 24.3 Å². The van der Waals surface area contributed by atoms with Crippen molar-refractivity contribution in [3.63, 3.8) is 0 Å². The predicted octanol–water partition coefficient (Wildman–Crippen LogP) is 1.57. The SMILES string of the molecule is O=C1NC(C(=O)Nc2ccc(C3(C(=O)O)CC3)cc2)CS1. The minimum absolute atomic E-state index is 0.192. The number of anilines is 1. The van der Waals surface area contributed by atoms with Gasteiger partial charge in [0.25, 0.3) is 5.24 Å². The molecular formula is C14H14N2O4S. The van der Waals surface area contributed by atoms with Crippen LogP contribution in [0.1, 0.15) is 18.4 Å². The molecule has 1 unspecified atom stereocenters. The van der Waals surface area contributed by atoms with Gasteiger partial charge in [-0.1, -0.05) is 23.9 Å². The van der Waals surface area contributed by atoms with E-state index in [2.05, 4.69) is 10.6 Å². The fourth-order valence-corrected chi connectivity index (χ4v) is 3.16. The van der Waals surface area contributed by atoms with E-state index >= 15 is 0 Å². The summed E-state index contributed by atoms with van der Waals surface area (Å²) in [6, 6.07) is 6.34. The molecule has 2 fully saturated rings. The summed E-state index contributed by atoms with van der Waals surface area (Å²) in [5.74, 6) is -0.643. The lowest BCUT2D eigenvalue weighted by Gasteiger charge is -2.13. The monoisotopic (exact) mass is 306 g/mol. The number of carboxylic acids is 1. The number of aliphatic carboxylic acids is 1. The molecule has 0 radical (unpaired) electrons. The van der Waals surface area contributed by atoms with Crippen LogP contribution in [0.5, 0.6) is 0 Å². The van der Waals surface area contributed by atoms with Crippen molar-refractivity contribution in [1.29, 1.82) is 0 Å². The molecule has 6 nitrogen and oxygen atoms in total. The van der Waals surface area contributed by atoms with E-state index in [9.17, 15) is 19.5 Å². The van der Waals surface area contributed by atoms with Crippen LogP contribution in [0.25, 0.3) is 0 Å². The van der Waals surface area contributed by atoms with E-state index in [1.54, 1.807) is 24.3 Å². The molecule has 3 N–H and O–H groups in total. The average Bonchev–Trinajstić information content (AvgIpc) is 3.16. The molecule has 1 heterocycles. The third kappa shape index (κ3) is 2.61. The number of carbonyl (C=O) groups excluding carboxylic acids is 2. The molecule has 110 valence electrons. The van der Waals surface area contributed by atoms with Gasteiger partial charge in [-0.15, -0.1) is 0 Å². The van der Waals surface area contributed by atoms with Crippen LogP contribution in [0.4, 0.5) is 10.5 Å². The largest absolute Gasteiger partial charge is 0.481 e. The number of hydrogen-bond donors (Lipinski definition) is 3. The Morgan fingerprint density at radius 3 is 2.43 bits per heavy atom. The lowest BCUT2D eigenvalue weighted by atomic mass is 9.96. The average molecular weight is 306 g/mol. The minimum Gasteiger partial charge on any atom is -0.481 e. The second-order valence-electron chi connectivity index (χ2n) is 5.25. The van der Waals surface area contributed by atoms with E-state index in [-0.39, 0.29) is 11.1 Å². The Labute approximate surface area is 125 Å². The van der Waals surface area contributed by atoms with E-state index in [1.807, 2.05) is 0 Å². The highest BCUT2D eigenvalue weighted by atomic mass is 32.2. The van der Waals surface area contributed by atoms with Gasteiger partial charge in [0.2, 0.25) is 5.91 Å². The first-order valence-electron chi connectivity index (χ1n) is 6.59. The summed E-state index contributed by atoms with van der Waals surface area (Å²) in [4.78, 5) is 34.2. The van der Waals surface area contributed by atoms with Crippen molar-refractivity contribution >= 4 is 34.6 Å². The highest BCUT2D eigenvalue weighted by molar-refractivity contribution is 8.14. The Bertz CT molecular complexity index is 610. The number of carbonyl (C=O) groups is 3. The lowest BCUT2D eigenvalue weighted by molar-refractivity contribution is -0.140. The molecule has 3 rings (SSSR count). The maximum absolute atomic E-state index is 11.9. The number of nitrogens with one attached hydrogen (secondary N) is 2. The molecule has 0 bridgehead atoms. The van der Waals surface area contributed by atoms with Gasteiger partial charge in [-0.3, -0.25) is 14.4 Å². The topological polar surface area (TPSA) is 95.5 Å². The summed E-state index contributed by atoms with van der Waals surface area (Å²) >= 11 is 1.09. The Kier molecular flexibility index (Phi) is 3.36. The number of hydrogen-bond acceptors (Lipinski definition) is 4. The van der Waals surface area contributed by atoms with Crippen LogP contribution in [0, 0.1) is 0 Å². The van der Waals surface area contributed by atoms with Crippen molar-refractivity contribution in [3.8, 4) is 0 Å². The molecule has 2 aliphatic rings. The van der Waals surface area contributed by atoms with E-state index in [0.717, 1.165) is 17.3 Å². The molecule has 1 atom stereocenters. The van der Waals surface area contributed by atoms with Crippen molar-refractivity contribution < 1.29 is 19.5 Å². The van der Waals surface area contributed by atoms with Crippen LogP contribution in [-0.4, -0.2) is 34.0 Å². The van der Waals surface area contributed by atoms with Crippen molar-refractivity contribution in [2.45, 2.75) is 24.3 Å². The normalized spacial score (nSPS) is 22.5. The zero-order valence-electron chi connectivity index (χ0n) is 11.1. The molecule has 21 heavy (non-hydrogen) atoms. The zero-order chi connectivity index (χ0) is 15.0. The van der Waals surface area contributed by atoms with Crippen molar-refractivity contribution in [2.75, 3.05) is 11.1 Å². The molecule has 2 amide bonds. The molecule has 0 aromatic heterocycles. The van der Waals surface area contributed by atoms with Gasteiger partial charge in [0.15, 0.2) is 0 Å². The first kappa shape index (κ1) is 13.9. The van der Waals surface area contributed by atoms with Crippen LogP contribution >= 0.6 is 11.8 Å². The van der Waals surface area contributed by atoms with Crippen molar-refractivity contribution in [1.82, 2.24) is 5.32 Å². The van der Waals surface area contributed by atoms with Gasteiger partial charge in [0.1, 0.15) is 6.04 Å². The fraction of sp³-hybridized carbons (Fsp3) is 0.357. The van der Waals surface area contributed by atoms with Gasteiger partial charge in [-0.2, -0.15) is 0 Å². The molecule has 1 saturated heterocycles. The first-order valence-corrected chi connectivity index (χ1v) is 7.58. The zero-order valence-corrected chi connectivity index (χ0v) is 11.9. The molecule has 1 aliphatic heterocycles. The Hall–Kier alpha value is -2.02. The Morgan fingerprint density at radius 2 is 1.95 bits per heavy atom. The van der Waals surface area contributed by atoms with E-state index in [1.165, 1.54) is 0 Å². The number of rotatable bonds is 4. The number of thioether (sulfide) groups is 1. The lowest BCUT2D eigenvalue weighted by Crippen LogP contribution is -2.38. The fourth-order valence-electron chi connectivity index (χ4n) is 2.38. The molecule has 1 aliphatic carbocycles. The predicted molar refractivity (Wildman–Crippen MR) is 78.4 cm³/mol. The van der Waals surface area contributed by atoms with Crippen molar-refractivity contribution in [2.24, 2.45) is 0 Å². The highest BCUT2D eigenvalue weighted by Gasteiger charge is 2.51. The molecule has 1 aromatic rings. The van der Waals surface area contributed by atoms with Crippen LogP contribution in [0.3, 0.4) is 0 Å². The summed E-state index contributed by atoms with van der Waals surface area (Å²) in [5.41, 5.74) is 0.618. The maximum atomic E-state index is 11.9. The third-order valence-corrected chi connectivity index (χ3v) is 4.73. The second-order valence-corrected chi connectivity index (χ2v) is 6.24. The number of carboxylic acid groups (broad SMARTS) is 1. The first-order chi connectivity index (χ1) is 10.0. The Morgan fingerprint density at radius 1 is 1.29 bits per heavy atom. The minimum atomic E-state index is -0.801. The second kappa shape index (κ2) is 5.07. The van der Waals surface area contributed by atoms with Crippen LogP contribution in [0.2, 0.25) is 0 Å². The van der Waals surface area contributed by atoms with Gasteiger partial charge in [-0.25, -0.2) is 0 Å². The third-order valence-electron chi connectivity index (χ3n) is 3.85. The maximum Gasteiger partial charge on any atom is 0.314 e. The summed E-state index contributed by atoms with van der Waals surface area (Å²) in [6.07, 6.45) is 1.30. The van der Waals surface area contributed by atoms with E-state index < -0.39 is 17.4 Å². The van der Waals surface area contributed by atoms with E-state index in [0.29, 0.717) is 24.3 Å². The van der Waals surface area contributed by atoms with Gasteiger partial charge in [0, 0.05) is 11.4 Å². The van der Waals surface area contributed by atoms with Crippen LogP contribution < -0.4 is 10.6 Å². The molecular weight excluding hydrogens is 292 g/mol. The number of benzene rings is 1. The summed E-state index contributed by atoms with van der Waals surface area (Å²) in [5, 5.41) is 14.3. The molecule has 1 saturated carbocycles. The Balaban J connectivity index is 1.66. The van der Waals surface area contributed by atoms with Gasteiger partial charge < -0.3 is 15.7 Å². The summed E-state index contributed by atoms with van der Waals surface area (Å²) < 4.78 is 0. The molecule has 7 heteroatoms. The van der Waals surface area contributed by atoms with Crippen LogP contribution in [-0.2, 0) is 15.0 Å². The molecule has 0 spiro atoms. The quantitative estimate of drug-likeness (QED) is 0.784. The summed E-state index contributed by atoms with van der Waals surface area (Å²) in [6.45, 7) is 0. The van der Waals surface area contributed by atoms with Gasteiger partial charge >= 0.3 is 5.97 Å². The number of amides is 2. The van der Waals surface area contributed by atoms with E-state index in [4.69, 9.17) is 0 Å². The summed E-state index contributed by atoms with van der Waals surface area (Å²) in [7, 11) is 0. The highest BCUT2D eigenvalue weighted by Crippen LogP contribution is 2.48. The molecule has 1 aromatic carbocycles. The standard InChI is InChI=1S/C14H14N2O4S/c17-11(10-7-21-13(20)16-10)15-9-3-1-8(2-4-9)14(5-6-14)12(18)19/h1-4,10H,5-7H2,(H,15,17)(H,16,20)(H,18,19). The van der Waals surface area contributed by atoms with Gasteiger partial charge in [0.05, 0.1) is 5.41 Å².